The first-order valence-corrected chi connectivity index (χ1v) is 10.7. The zero-order valence-corrected chi connectivity index (χ0v) is 18.2. The Bertz CT molecular complexity index is 1070. The van der Waals surface area contributed by atoms with Crippen LogP contribution in [0.5, 0.6) is 0 Å². The Morgan fingerprint density at radius 1 is 1.13 bits per heavy atom. The fourth-order valence-electron chi connectivity index (χ4n) is 4.10. The van der Waals surface area contributed by atoms with Crippen molar-refractivity contribution in [3.8, 4) is 5.69 Å². The predicted octanol–water partition coefficient (Wildman–Crippen LogP) is 3.72. The molecule has 4 rings (SSSR count). The molecule has 1 aliphatic heterocycles. The molecule has 1 aliphatic rings. The van der Waals surface area contributed by atoms with Crippen molar-refractivity contribution in [2.75, 3.05) is 6.54 Å². The van der Waals surface area contributed by atoms with Gasteiger partial charge in [0.1, 0.15) is 0 Å². The van der Waals surface area contributed by atoms with Gasteiger partial charge in [0, 0.05) is 30.8 Å². The third-order valence-electron chi connectivity index (χ3n) is 5.95. The van der Waals surface area contributed by atoms with E-state index in [0.29, 0.717) is 13.1 Å². The highest BCUT2D eigenvalue weighted by molar-refractivity contribution is 5.89. The number of hydrogen-bond donors (Lipinski definition) is 1. The Balaban J connectivity index is 1.39. The number of nitrogens with zero attached hydrogens (tertiary/aromatic N) is 3. The van der Waals surface area contributed by atoms with Crippen LogP contribution in [0.3, 0.4) is 0 Å². The van der Waals surface area contributed by atoms with Crippen LogP contribution in [0, 0.1) is 19.8 Å². The lowest BCUT2D eigenvalue weighted by molar-refractivity contribution is -0.129. The minimum absolute atomic E-state index is 0.0291. The summed E-state index contributed by atoms with van der Waals surface area (Å²) in [4.78, 5) is 27.1. The number of aromatic nitrogens is 2. The first kappa shape index (κ1) is 20.8. The lowest BCUT2D eigenvalue weighted by Crippen LogP contribution is -2.34. The highest BCUT2D eigenvalue weighted by Gasteiger charge is 2.35. The molecule has 1 fully saturated rings. The van der Waals surface area contributed by atoms with Crippen molar-refractivity contribution in [3.63, 3.8) is 0 Å². The molecular weight excluding hydrogens is 388 g/mol. The highest BCUT2D eigenvalue weighted by Crippen LogP contribution is 2.24. The molecule has 0 radical (unpaired) electrons. The average Bonchev–Trinajstić information content (AvgIpc) is 3.33. The molecule has 2 atom stereocenters. The molecule has 0 saturated carbocycles. The molecule has 2 aromatic carbocycles. The first-order valence-electron chi connectivity index (χ1n) is 10.7. The molecule has 6 heteroatoms. The Labute approximate surface area is 182 Å². The van der Waals surface area contributed by atoms with Gasteiger partial charge >= 0.3 is 0 Å². The van der Waals surface area contributed by atoms with Crippen LogP contribution in [0.15, 0.2) is 60.8 Å². The van der Waals surface area contributed by atoms with E-state index >= 15 is 0 Å². The number of para-hydroxylation sites is 1. The quantitative estimate of drug-likeness (QED) is 0.666. The Hall–Kier alpha value is -3.41. The van der Waals surface area contributed by atoms with Crippen LogP contribution in [0.25, 0.3) is 5.69 Å². The van der Waals surface area contributed by atoms with Gasteiger partial charge in [-0.25, -0.2) is 4.68 Å². The lowest BCUT2D eigenvalue weighted by Gasteiger charge is -2.19. The van der Waals surface area contributed by atoms with Gasteiger partial charge in [-0.2, -0.15) is 5.10 Å². The maximum atomic E-state index is 12.9. The van der Waals surface area contributed by atoms with Crippen LogP contribution in [-0.4, -0.2) is 33.0 Å². The molecule has 0 bridgehead atoms. The Kier molecular flexibility index (Phi) is 5.89. The Morgan fingerprint density at radius 3 is 2.55 bits per heavy atom. The van der Waals surface area contributed by atoms with Crippen LogP contribution < -0.4 is 5.32 Å². The monoisotopic (exact) mass is 416 g/mol. The van der Waals surface area contributed by atoms with Crippen molar-refractivity contribution in [1.82, 2.24) is 20.0 Å². The molecule has 3 aromatic rings. The van der Waals surface area contributed by atoms with Gasteiger partial charge in [0.15, 0.2) is 0 Å². The van der Waals surface area contributed by atoms with Gasteiger partial charge in [-0.1, -0.05) is 48.0 Å². The van der Waals surface area contributed by atoms with E-state index < -0.39 is 0 Å². The number of nitrogens with one attached hydrogen (secondary N) is 1. The molecule has 31 heavy (non-hydrogen) atoms. The van der Waals surface area contributed by atoms with Crippen LogP contribution in [0.2, 0.25) is 0 Å². The van der Waals surface area contributed by atoms with Gasteiger partial charge in [0.2, 0.25) is 11.8 Å². The third kappa shape index (κ3) is 4.53. The molecule has 0 aliphatic carbocycles. The zero-order valence-electron chi connectivity index (χ0n) is 18.2. The minimum Gasteiger partial charge on any atom is -0.349 e. The molecule has 1 saturated heterocycles. The summed E-state index contributed by atoms with van der Waals surface area (Å²) < 4.78 is 1.88. The molecular formula is C25H28N4O2. The molecule has 1 N–H and O–H groups in total. The summed E-state index contributed by atoms with van der Waals surface area (Å²) in [5, 5.41) is 7.58. The lowest BCUT2D eigenvalue weighted by atomic mass is 10.1. The number of rotatable bonds is 6. The maximum absolute atomic E-state index is 12.9. The van der Waals surface area contributed by atoms with E-state index in [1.165, 1.54) is 5.56 Å². The summed E-state index contributed by atoms with van der Waals surface area (Å²) in [6.07, 6.45) is 2.06. The van der Waals surface area contributed by atoms with Crippen LogP contribution in [-0.2, 0) is 16.1 Å². The van der Waals surface area contributed by atoms with Gasteiger partial charge < -0.3 is 10.2 Å². The fraction of sp³-hybridized carbons (Fsp3) is 0.320. The van der Waals surface area contributed by atoms with Crippen LogP contribution in [0.4, 0.5) is 0 Å². The summed E-state index contributed by atoms with van der Waals surface area (Å²) in [6, 6.07) is 17.9. The van der Waals surface area contributed by atoms with Gasteiger partial charge in [0.05, 0.1) is 23.8 Å². The molecule has 0 spiro atoms. The average molecular weight is 417 g/mol. The van der Waals surface area contributed by atoms with E-state index in [2.05, 4.69) is 10.4 Å². The number of carbonyl (C=O) groups excluding carboxylic acids is 2. The van der Waals surface area contributed by atoms with Crippen molar-refractivity contribution in [2.24, 2.45) is 5.92 Å². The number of amides is 2. The first-order chi connectivity index (χ1) is 14.9. The summed E-state index contributed by atoms with van der Waals surface area (Å²) >= 11 is 0. The van der Waals surface area contributed by atoms with Crippen molar-refractivity contribution in [3.05, 3.63) is 83.2 Å². The second-order valence-electron chi connectivity index (χ2n) is 8.32. The standard InChI is InChI=1S/C25H28N4O2/c1-17-9-11-20(12-10-17)15-28-16-21(13-24(28)30)25(31)27-18(2)23-14-26-29(19(23)3)22-7-5-4-6-8-22/h4-12,14,18,21H,13,15-16H2,1-3H3,(H,27,31). The van der Waals surface area contributed by atoms with Gasteiger partial charge in [-0.15, -0.1) is 0 Å². The van der Waals surface area contributed by atoms with Crippen molar-refractivity contribution in [1.29, 1.82) is 0 Å². The molecule has 2 unspecified atom stereocenters. The fourth-order valence-corrected chi connectivity index (χ4v) is 4.10. The number of aryl methyl sites for hydroxylation is 1. The Morgan fingerprint density at radius 2 is 1.84 bits per heavy atom. The van der Waals surface area contributed by atoms with Gasteiger partial charge in [-0.05, 0) is 38.5 Å². The van der Waals surface area contributed by atoms with Crippen LogP contribution in [0.1, 0.15) is 41.8 Å². The minimum atomic E-state index is -0.329. The summed E-state index contributed by atoms with van der Waals surface area (Å²) in [5.74, 6) is -0.384. The molecule has 6 nitrogen and oxygen atoms in total. The SMILES string of the molecule is Cc1ccc(CN2CC(C(=O)NC(C)c3cnn(-c4ccccc4)c3C)CC2=O)cc1. The van der Waals surface area contributed by atoms with Gasteiger partial charge in [-0.3, -0.25) is 9.59 Å². The number of carbonyl (C=O) groups is 2. The number of hydrogen-bond acceptors (Lipinski definition) is 3. The normalized spacial score (nSPS) is 17.1. The molecule has 2 heterocycles. The topological polar surface area (TPSA) is 67.2 Å². The molecule has 1 aromatic heterocycles. The van der Waals surface area contributed by atoms with Gasteiger partial charge in [0.25, 0.3) is 0 Å². The van der Waals surface area contributed by atoms with E-state index in [1.807, 2.05) is 80.1 Å². The predicted molar refractivity (Wildman–Crippen MR) is 120 cm³/mol. The number of likely N-dealkylation sites (tertiary alicyclic amines) is 1. The maximum Gasteiger partial charge on any atom is 0.225 e. The van der Waals surface area contributed by atoms with E-state index in [1.54, 1.807) is 11.1 Å². The summed E-state index contributed by atoms with van der Waals surface area (Å²) in [6.45, 7) is 6.99. The van der Waals surface area contributed by atoms with E-state index in [4.69, 9.17) is 0 Å². The second-order valence-corrected chi connectivity index (χ2v) is 8.32. The van der Waals surface area contributed by atoms with Crippen molar-refractivity contribution >= 4 is 11.8 Å². The van der Waals surface area contributed by atoms with Crippen LogP contribution >= 0.6 is 0 Å². The molecule has 160 valence electrons. The number of benzene rings is 2. The van der Waals surface area contributed by atoms with Crippen molar-refractivity contribution in [2.45, 2.75) is 39.8 Å². The third-order valence-corrected chi connectivity index (χ3v) is 5.95. The zero-order chi connectivity index (χ0) is 22.0. The second kappa shape index (κ2) is 8.76. The largest absolute Gasteiger partial charge is 0.349 e. The van der Waals surface area contributed by atoms with E-state index in [0.717, 1.165) is 22.5 Å². The van der Waals surface area contributed by atoms with Crippen molar-refractivity contribution < 1.29 is 9.59 Å². The summed E-state index contributed by atoms with van der Waals surface area (Å²) in [5.41, 5.74) is 5.21. The van der Waals surface area contributed by atoms with E-state index in [9.17, 15) is 9.59 Å². The molecule has 2 amide bonds. The summed E-state index contributed by atoms with van der Waals surface area (Å²) in [7, 11) is 0. The van der Waals surface area contributed by atoms with E-state index in [-0.39, 0.29) is 30.2 Å². The highest BCUT2D eigenvalue weighted by atomic mass is 16.2. The smallest absolute Gasteiger partial charge is 0.225 e.